The van der Waals surface area contributed by atoms with Crippen molar-refractivity contribution in [2.45, 2.75) is 44.6 Å². The number of benzene rings is 1. The van der Waals surface area contributed by atoms with Gasteiger partial charge in [0.2, 0.25) is 0 Å². The zero-order chi connectivity index (χ0) is 14.0. The van der Waals surface area contributed by atoms with Gasteiger partial charge in [-0.05, 0) is 24.8 Å². The molecule has 106 valence electrons. The Kier molecular flexibility index (Phi) is 4.26. The van der Waals surface area contributed by atoms with E-state index >= 15 is 0 Å². The lowest BCUT2D eigenvalue weighted by Gasteiger charge is -2.29. The average molecular weight is 284 g/mol. The first-order chi connectivity index (χ1) is 9.07. The Labute approximate surface area is 120 Å². The normalized spacial score (nSPS) is 17.5. The van der Waals surface area contributed by atoms with Crippen LogP contribution in [0.5, 0.6) is 11.5 Å². The molecule has 0 heterocycles. The standard InChI is InChI=1S/C15H22ClNO2/c1-4-10-13(15(17)7-5-6-8-15)11(16)9-12(18-2)14(10)19-3/h9H,4-8,17H2,1-3H3. The number of methoxy groups -OCH3 is 2. The topological polar surface area (TPSA) is 44.5 Å². The fraction of sp³-hybridized carbons (Fsp3) is 0.600. The molecular formula is C15H22ClNO2. The van der Waals surface area contributed by atoms with Gasteiger partial charge in [-0.1, -0.05) is 31.4 Å². The molecule has 2 N–H and O–H groups in total. The van der Waals surface area contributed by atoms with E-state index in [4.69, 9.17) is 26.8 Å². The maximum atomic E-state index is 6.59. The molecule has 0 spiro atoms. The first-order valence-corrected chi connectivity index (χ1v) is 7.18. The Morgan fingerprint density at radius 2 is 1.89 bits per heavy atom. The van der Waals surface area contributed by atoms with Gasteiger partial charge in [0.1, 0.15) is 0 Å². The van der Waals surface area contributed by atoms with Gasteiger partial charge in [-0.15, -0.1) is 0 Å². The molecule has 1 aromatic carbocycles. The molecule has 0 aliphatic heterocycles. The Morgan fingerprint density at radius 1 is 1.26 bits per heavy atom. The SMILES string of the molecule is CCc1c(OC)c(OC)cc(Cl)c1C1(N)CCCC1. The lowest BCUT2D eigenvalue weighted by Crippen LogP contribution is -2.34. The summed E-state index contributed by atoms with van der Waals surface area (Å²) in [6.07, 6.45) is 5.10. The van der Waals surface area contributed by atoms with E-state index in [2.05, 4.69) is 6.92 Å². The first kappa shape index (κ1) is 14.5. The van der Waals surface area contributed by atoms with Crippen LogP contribution in [-0.4, -0.2) is 14.2 Å². The molecule has 0 amide bonds. The van der Waals surface area contributed by atoms with Gasteiger partial charge in [-0.25, -0.2) is 0 Å². The number of hydrogen-bond acceptors (Lipinski definition) is 3. The van der Waals surface area contributed by atoms with Gasteiger partial charge in [0, 0.05) is 22.2 Å². The Bertz CT molecular complexity index is 468. The van der Waals surface area contributed by atoms with Crippen LogP contribution in [0, 0.1) is 0 Å². The van der Waals surface area contributed by atoms with E-state index in [1.807, 2.05) is 6.07 Å². The summed E-state index contributed by atoms with van der Waals surface area (Å²) < 4.78 is 10.9. The monoisotopic (exact) mass is 283 g/mol. The van der Waals surface area contributed by atoms with Crippen LogP contribution >= 0.6 is 11.6 Å². The highest BCUT2D eigenvalue weighted by molar-refractivity contribution is 6.31. The number of ether oxygens (including phenoxy) is 2. The maximum absolute atomic E-state index is 6.59. The van der Waals surface area contributed by atoms with Crippen molar-refractivity contribution in [2.24, 2.45) is 5.73 Å². The summed E-state index contributed by atoms with van der Waals surface area (Å²) in [6.45, 7) is 2.09. The van der Waals surface area contributed by atoms with Crippen LogP contribution in [0.1, 0.15) is 43.7 Å². The van der Waals surface area contributed by atoms with Gasteiger partial charge in [0.15, 0.2) is 11.5 Å². The van der Waals surface area contributed by atoms with Gasteiger partial charge in [-0.2, -0.15) is 0 Å². The van der Waals surface area contributed by atoms with Crippen molar-refractivity contribution in [1.82, 2.24) is 0 Å². The second-order valence-electron chi connectivity index (χ2n) is 5.16. The van der Waals surface area contributed by atoms with E-state index in [0.717, 1.165) is 49.0 Å². The van der Waals surface area contributed by atoms with E-state index in [-0.39, 0.29) is 5.54 Å². The van der Waals surface area contributed by atoms with Crippen LogP contribution in [0.4, 0.5) is 0 Å². The van der Waals surface area contributed by atoms with Crippen LogP contribution < -0.4 is 15.2 Å². The largest absolute Gasteiger partial charge is 0.493 e. The molecule has 4 heteroatoms. The first-order valence-electron chi connectivity index (χ1n) is 6.80. The van der Waals surface area contributed by atoms with Gasteiger partial charge >= 0.3 is 0 Å². The Balaban J connectivity index is 2.65. The molecule has 0 unspecified atom stereocenters. The van der Waals surface area contributed by atoms with Crippen molar-refractivity contribution < 1.29 is 9.47 Å². The second-order valence-corrected chi connectivity index (χ2v) is 5.57. The maximum Gasteiger partial charge on any atom is 0.164 e. The van der Waals surface area contributed by atoms with Gasteiger partial charge in [0.25, 0.3) is 0 Å². The van der Waals surface area contributed by atoms with Crippen molar-refractivity contribution in [3.8, 4) is 11.5 Å². The summed E-state index contributed by atoms with van der Waals surface area (Å²) >= 11 is 6.48. The van der Waals surface area contributed by atoms with Crippen molar-refractivity contribution in [3.05, 3.63) is 22.2 Å². The van der Waals surface area contributed by atoms with Crippen LogP contribution in [-0.2, 0) is 12.0 Å². The van der Waals surface area contributed by atoms with Crippen LogP contribution in [0.3, 0.4) is 0 Å². The zero-order valence-corrected chi connectivity index (χ0v) is 12.6. The minimum absolute atomic E-state index is 0.317. The molecule has 0 aromatic heterocycles. The third-order valence-corrected chi connectivity index (χ3v) is 4.37. The lowest BCUT2D eigenvalue weighted by molar-refractivity contribution is 0.348. The molecule has 0 radical (unpaired) electrons. The number of halogens is 1. The van der Waals surface area contributed by atoms with Gasteiger partial charge in [0.05, 0.1) is 14.2 Å². The van der Waals surface area contributed by atoms with Gasteiger partial charge in [-0.3, -0.25) is 0 Å². The van der Waals surface area contributed by atoms with Gasteiger partial charge < -0.3 is 15.2 Å². The molecule has 1 aliphatic rings. The fourth-order valence-corrected chi connectivity index (χ4v) is 3.57. The minimum atomic E-state index is -0.317. The van der Waals surface area contributed by atoms with E-state index < -0.39 is 0 Å². The summed E-state index contributed by atoms with van der Waals surface area (Å²) in [5.41, 5.74) is 8.40. The summed E-state index contributed by atoms with van der Waals surface area (Å²) in [6, 6.07) is 1.82. The highest BCUT2D eigenvalue weighted by Gasteiger charge is 2.36. The lowest BCUT2D eigenvalue weighted by atomic mass is 9.84. The number of nitrogens with two attached hydrogens (primary N) is 1. The summed E-state index contributed by atoms with van der Waals surface area (Å²) in [5.74, 6) is 1.44. The predicted molar refractivity (Wildman–Crippen MR) is 78.3 cm³/mol. The third-order valence-electron chi connectivity index (χ3n) is 4.07. The highest BCUT2D eigenvalue weighted by atomic mass is 35.5. The van der Waals surface area contributed by atoms with Crippen LogP contribution in [0.15, 0.2) is 6.07 Å². The van der Waals surface area contributed by atoms with E-state index in [9.17, 15) is 0 Å². The predicted octanol–water partition coefficient (Wildman–Crippen LogP) is 3.65. The zero-order valence-electron chi connectivity index (χ0n) is 11.9. The van der Waals surface area contributed by atoms with E-state index in [1.54, 1.807) is 14.2 Å². The van der Waals surface area contributed by atoms with E-state index in [1.165, 1.54) is 0 Å². The Morgan fingerprint density at radius 3 is 2.37 bits per heavy atom. The third kappa shape index (κ3) is 2.41. The molecule has 19 heavy (non-hydrogen) atoms. The molecule has 0 bridgehead atoms. The molecule has 0 atom stereocenters. The fourth-order valence-electron chi connectivity index (χ4n) is 3.17. The summed E-state index contributed by atoms with van der Waals surface area (Å²) in [5, 5.41) is 0.693. The van der Waals surface area contributed by atoms with Crippen molar-refractivity contribution in [1.29, 1.82) is 0 Å². The minimum Gasteiger partial charge on any atom is -0.493 e. The smallest absolute Gasteiger partial charge is 0.164 e. The molecule has 1 saturated carbocycles. The molecule has 3 nitrogen and oxygen atoms in total. The van der Waals surface area contributed by atoms with Crippen LogP contribution in [0.2, 0.25) is 5.02 Å². The summed E-state index contributed by atoms with van der Waals surface area (Å²) in [7, 11) is 3.29. The molecule has 0 saturated heterocycles. The van der Waals surface area contributed by atoms with Crippen LogP contribution in [0.25, 0.3) is 0 Å². The molecule has 1 aliphatic carbocycles. The quantitative estimate of drug-likeness (QED) is 0.917. The second kappa shape index (κ2) is 5.59. The molecular weight excluding hydrogens is 262 g/mol. The van der Waals surface area contributed by atoms with Crippen molar-refractivity contribution in [2.75, 3.05) is 14.2 Å². The molecule has 2 rings (SSSR count). The average Bonchev–Trinajstić information content (AvgIpc) is 2.84. The Hall–Kier alpha value is -0.930. The highest BCUT2D eigenvalue weighted by Crippen LogP contribution is 2.47. The summed E-state index contributed by atoms with van der Waals surface area (Å²) in [4.78, 5) is 0. The van der Waals surface area contributed by atoms with Crippen molar-refractivity contribution >= 4 is 11.6 Å². The van der Waals surface area contributed by atoms with E-state index in [0.29, 0.717) is 10.8 Å². The number of rotatable bonds is 4. The number of hydrogen-bond donors (Lipinski definition) is 1. The molecule has 1 fully saturated rings. The van der Waals surface area contributed by atoms with Crippen molar-refractivity contribution in [3.63, 3.8) is 0 Å². The molecule has 1 aromatic rings.